The van der Waals surface area contributed by atoms with Gasteiger partial charge in [0.25, 0.3) is 5.91 Å². The normalized spacial score (nSPS) is 11.5. The highest BCUT2D eigenvalue weighted by molar-refractivity contribution is 6.35. The molecule has 1 N–H and O–H groups in total. The maximum absolute atomic E-state index is 14.4. The highest BCUT2D eigenvalue weighted by atomic mass is 35.5. The van der Waals surface area contributed by atoms with Crippen LogP contribution in [0.4, 0.5) is 23.2 Å². The molecule has 3 aromatic carbocycles. The first-order valence-corrected chi connectivity index (χ1v) is 9.94. The first-order chi connectivity index (χ1) is 15.6. The van der Waals surface area contributed by atoms with Crippen molar-refractivity contribution < 1.29 is 27.1 Å². The summed E-state index contributed by atoms with van der Waals surface area (Å²) in [5.74, 6) is -1.90. The van der Waals surface area contributed by atoms with E-state index in [9.17, 15) is 22.4 Å². The van der Waals surface area contributed by atoms with Crippen LogP contribution in [0.2, 0.25) is 10.0 Å². The molecule has 0 bridgehead atoms. The Morgan fingerprint density at radius 2 is 1.67 bits per heavy atom. The molecule has 1 heterocycles. The quantitative estimate of drug-likeness (QED) is 0.305. The van der Waals surface area contributed by atoms with Crippen LogP contribution >= 0.6 is 23.2 Å². The number of aromatic nitrogens is 2. The summed E-state index contributed by atoms with van der Waals surface area (Å²) >= 11 is 11.8. The van der Waals surface area contributed by atoms with Crippen molar-refractivity contribution in [1.29, 1.82) is 0 Å². The second-order valence-electron chi connectivity index (χ2n) is 6.69. The number of ether oxygens (including phenoxy) is 1. The van der Waals surface area contributed by atoms with Crippen molar-refractivity contribution in [1.82, 2.24) is 9.97 Å². The number of amides is 1. The van der Waals surface area contributed by atoms with Crippen LogP contribution in [0.3, 0.4) is 0 Å². The number of halogens is 6. The molecule has 33 heavy (non-hydrogen) atoms. The van der Waals surface area contributed by atoms with Crippen molar-refractivity contribution in [3.05, 3.63) is 87.9 Å². The number of anilines is 1. The van der Waals surface area contributed by atoms with Crippen LogP contribution in [0.15, 0.2) is 60.9 Å². The Balaban J connectivity index is 1.62. The van der Waals surface area contributed by atoms with E-state index in [-0.39, 0.29) is 27.8 Å². The minimum Gasteiger partial charge on any atom is -0.453 e. The minimum absolute atomic E-state index is 0.0674. The lowest BCUT2D eigenvalue weighted by Gasteiger charge is -2.14. The molecular weight excluding hydrogens is 485 g/mol. The molecule has 0 atom stereocenters. The molecule has 168 valence electrons. The van der Waals surface area contributed by atoms with Gasteiger partial charge in [0.15, 0.2) is 11.6 Å². The third-order valence-corrected chi connectivity index (χ3v) is 5.20. The summed E-state index contributed by atoms with van der Waals surface area (Å²) in [6.07, 6.45) is -1.74. The summed E-state index contributed by atoms with van der Waals surface area (Å²) in [7, 11) is 0. The number of benzene rings is 3. The molecule has 0 unspecified atom stereocenters. The molecule has 0 saturated heterocycles. The molecule has 0 saturated carbocycles. The van der Waals surface area contributed by atoms with E-state index >= 15 is 0 Å². The molecule has 0 aliphatic rings. The summed E-state index contributed by atoms with van der Waals surface area (Å²) in [6.45, 7) is 0. The maximum atomic E-state index is 14.4. The lowest BCUT2D eigenvalue weighted by atomic mass is 10.1. The molecular formula is C22H11Cl2F4N3O2. The van der Waals surface area contributed by atoms with Crippen molar-refractivity contribution >= 4 is 45.8 Å². The van der Waals surface area contributed by atoms with Gasteiger partial charge >= 0.3 is 6.18 Å². The Labute approximate surface area is 193 Å². The number of nitrogens with zero attached hydrogens (tertiary/aromatic N) is 2. The van der Waals surface area contributed by atoms with E-state index in [1.165, 1.54) is 24.5 Å². The average molecular weight is 496 g/mol. The predicted octanol–water partition coefficient (Wildman–Crippen LogP) is 7.14. The molecule has 0 spiro atoms. The van der Waals surface area contributed by atoms with E-state index in [2.05, 4.69) is 15.3 Å². The first kappa shape index (κ1) is 22.8. The van der Waals surface area contributed by atoms with Gasteiger partial charge in [-0.15, -0.1) is 0 Å². The van der Waals surface area contributed by atoms with Gasteiger partial charge in [-0.3, -0.25) is 14.8 Å². The number of hydrogen-bond acceptors (Lipinski definition) is 4. The summed E-state index contributed by atoms with van der Waals surface area (Å²) in [4.78, 5) is 20.8. The monoisotopic (exact) mass is 495 g/mol. The third-order valence-electron chi connectivity index (χ3n) is 4.49. The zero-order chi connectivity index (χ0) is 23.8. The maximum Gasteiger partial charge on any atom is 0.417 e. The largest absolute Gasteiger partial charge is 0.453 e. The van der Waals surface area contributed by atoms with Gasteiger partial charge in [0, 0.05) is 24.0 Å². The fourth-order valence-electron chi connectivity index (χ4n) is 2.93. The summed E-state index contributed by atoms with van der Waals surface area (Å²) < 4.78 is 59.2. The molecule has 1 aromatic heterocycles. The zero-order valence-electron chi connectivity index (χ0n) is 16.3. The van der Waals surface area contributed by atoms with Crippen molar-refractivity contribution in [3.8, 4) is 11.5 Å². The minimum atomic E-state index is -4.74. The molecule has 0 radical (unpaired) electrons. The van der Waals surface area contributed by atoms with Gasteiger partial charge in [-0.25, -0.2) is 4.39 Å². The van der Waals surface area contributed by atoms with E-state index in [1.54, 1.807) is 6.07 Å². The number of hydrogen-bond donors (Lipinski definition) is 1. The van der Waals surface area contributed by atoms with Gasteiger partial charge in [0.1, 0.15) is 10.8 Å². The number of carbonyl (C=O) groups excluding carboxylic acids is 1. The number of nitrogens with one attached hydrogen (secondary N) is 1. The van der Waals surface area contributed by atoms with Gasteiger partial charge in [-0.05, 0) is 42.5 Å². The number of alkyl halides is 3. The summed E-state index contributed by atoms with van der Waals surface area (Å²) in [6, 6.07) is 9.53. The van der Waals surface area contributed by atoms with Crippen molar-refractivity contribution in [2.45, 2.75) is 6.18 Å². The summed E-state index contributed by atoms with van der Waals surface area (Å²) in [5, 5.41) is 1.53. The predicted molar refractivity (Wildman–Crippen MR) is 115 cm³/mol. The van der Waals surface area contributed by atoms with E-state index in [4.69, 9.17) is 27.9 Å². The van der Waals surface area contributed by atoms with Gasteiger partial charge in [0.2, 0.25) is 0 Å². The Hall–Kier alpha value is -3.43. The lowest BCUT2D eigenvalue weighted by Crippen LogP contribution is -2.15. The second kappa shape index (κ2) is 8.84. The Bertz CT molecular complexity index is 1380. The molecule has 4 rings (SSSR count). The van der Waals surface area contributed by atoms with E-state index in [0.29, 0.717) is 17.1 Å². The van der Waals surface area contributed by atoms with Crippen LogP contribution in [-0.4, -0.2) is 15.9 Å². The Morgan fingerprint density at radius 1 is 0.939 bits per heavy atom. The van der Waals surface area contributed by atoms with Gasteiger partial charge in [-0.1, -0.05) is 23.2 Å². The third kappa shape index (κ3) is 4.84. The van der Waals surface area contributed by atoms with E-state index < -0.39 is 28.5 Å². The average Bonchev–Trinajstić information content (AvgIpc) is 2.78. The molecule has 11 heteroatoms. The van der Waals surface area contributed by atoms with Crippen LogP contribution in [0.1, 0.15) is 15.9 Å². The molecule has 5 nitrogen and oxygen atoms in total. The van der Waals surface area contributed by atoms with Crippen LogP contribution in [0.5, 0.6) is 11.5 Å². The van der Waals surface area contributed by atoms with Gasteiger partial charge in [0.05, 0.1) is 27.3 Å². The Kier molecular flexibility index (Phi) is 6.09. The van der Waals surface area contributed by atoms with Crippen LogP contribution in [0, 0.1) is 5.82 Å². The number of fused-ring (bicyclic) bond motifs is 1. The van der Waals surface area contributed by atoms with Gasteiger partial charge < -0.3 is 10.1 Å². The lowest BCUT2D eigenvalue weighted by molar-refractivity contribution is -0.137. The first-order valence-electron chi connectivity index (χ1n) is 9.18. The van der Waals surface area contributed by atoms with Gasteiger partial charge in [-0.2, -0.15) is 13.2 Å². The molecule has 1 amide bonds. The van der Waals surface area contributed by atoms with E-state index in [1.807, 2.05) is 0 Å². The highest BCUT2D eigenvalue weighted by Gasteiger charge is 2.34. The van der Waals surface area contributed by atoms with Crippen molar-refractivity contribution in [2.75, 3.05) is 5.32 Å². The van der Waals surface area contributed by atoms with Crippen molar-refractivity contribution in [2.24, 2.45) is 0 Å². The molecule has 0 fully saturated rings. The fourth-order valence-corrected chi connectivity index (χ4v) is 3.39. The standard InChI is InChI=1S/C22H11Cl2F4N3O2/c23-14-3-1-11(9-13(14)22(26,27)28)21(32)31-17-6-4-15(25)20(19(17)24)33-12-2-5-16-18(10-12)30-8-7-29-16/h1-10H,(H,31,32). The van der Waals surface area contributed by atoms with Crippen LogP contribution < -0.4 is 10.1 Å². The smallest absolute Gasteiger partial charge is 0.417 e. The number of carbonyl (C=O) groups is 1. The SMILES string of the molecule is O=C(Nc1ccc(F)c(Oc2ccc3nccnc3c2)c1Cl)c1ccc(Cl)c(C(F)(F)F)c1. The van der Waals surface area contributed by atoms with E-state index in [0.717, 1.165) is 24.3 Å². The van der Waals surface area contributed by atoms with Crippen LogP contribution in [0.25, 0.3) is 11.0 Å². The van der Waals surface area contributed by atoms with Crippen LogP contribution in [-0.2, 0) is 6.18 Å². The molecule has 0 aliphatic heterocycles. The zero-order valence-corrected chi connectivity index (χ0v) is 17.8. The molecule has 4 aromatic rings. The highest BCUT2D eigenvalue weighted by Crippen LogP contribution is 2.39. The number of rotatable bonds is 4. The molecule has 0 aliphatic carbocycles. The summed E-state index contributed by atoms with van der Waals surface area (Å²) in [5.41, 5.74) is -0.451. The second-order valence-corrected chi connectivity index (χ2v) is 7.48. The Morgan fingerprint density at radius 3 is 2.39 bits per heavy atom. The van der Waals surface area contributed by atoms with Crippen molar-refractivity contribution in [3.63, 3.8) is 0 Å². The fraction of sp³-hybridized carbons (Fsp3) is 0.0455. The topological polar surface area (TPSA) is 64.1 Å².